The molecular weight excluding hydrogens is 320 g/mol. The van der Waals surface area contributed by atoms with Crippen molar-refractivity contribution in [1.29, 1.82) is 0 Å². The molecule has 3 N–H and O–H groups in total. The van der Waals surface area contributed by atoms with Crippen LogP contribution in [-0.4, -0.2) is 8.42 Å². The molecule has 110 valence electrons. The fraction of sp³-hybridized carbons (Fsp3) is 0.333. The second kappa shape index (κ2) is 5.87. The van der Waals surface area contributed by atoms with Crippen molar-refractivity contribution in [2.75, 3.05) is 0 Å². The molecule has 5 nitrogen and oxygen atoms in total. The van der Waals surface area contributed by atoms with Gasteiger partial charge in [0.15, 0.2) is 0 Å². The van der Waals surface area contributed by atoms with E-state index >= 15 is 0 Å². The van der Waals surface area contributed by atoms with Crippen molar-refractivity contribution in [3.8, 4) is 0 Å². The summed E-state index contributed by atoms with van der Waals surface area (Å²) in [4.78, 5) is 0.964. The van der Waals surface area contributed by atoms with Crippen LogP contribution in [0.2, 0.25) is 4.34 Å². The number of nitrogens with two attached hydrogens (primary N) is 1. The minimum Gasteiger partial charge on any atom is -0.464 e. The molecule has 0 bridgehead atoms. The van der Waals surface area contributed by atoms with Gasteiger partial charge in [0.05, 0.1) is 16.9 Å². The van der Waals surface area contributed by atoms with E-state index in [9.17, 15) is 8.42 Å². The van der Waals surface area contributed by atoms with Crippen molar-refractivity contribution in [1.82, 2.24) is 4.72 Å². The van der Waals surface area contributed by atoms with Gasteiger partial charge < -0.3 is 10.2 Å². The average molecular weight is 335 g/mol. The Morgan fingerprint density at radius 1 is 1.50 bits per heavy atom. The maximum absolute atomic E-state index is 12.3. The number of nitrogens with one attached hydrogen (secondary N) is 1. The molecule has 0 saturated heterocycles. The van der Waals surface area contributed by atoms with Gasteiger partial charge in [0.1, 0.15) is 16.4 Å². The first-order chi connectivity index (χ1) is 9.33. The van der Waals surface area contributed by atoms with Crippen LogP contribution >= 0.6 is 22.9 Å². The highest BCUT2D eigenvalue weighted by atomic mass is 35.5. The highest BCUT2D eigenvalue weighted by Gasteiger charge is 2.24. The van der Waals surface area contributed by atoms with Gasteiger partial charge in [-0.3, -0.25) is 0 Å². The topological polar surface area (TPSA) is 85.3 Å². The Kier molecular flexibility index (Phi) is 4.55. The third-order valence-corrected chi connectivity index (χ3v) is 5.83. The van der Waals surface area contributed by atoms with Crippen LogP contribution in [0.25, 0.3) is 0 Å². The van der Waals surface area contributed by atoms with Gasteiger partial charge in [-0.15, -0.1) is 11.3 Å². The first-order valence-corrected chi connectivity index (χ1v) is 8.58. The SMILES string of the molecule is Cc1oc(CN)cc1S(=O)(=O)NC(C)c1ccc(Cl)s1. The largest absolute Gasteiger partial charge is 0.464 e. The van der Waals surface area contributed by atoms with Crippen LogP contribution in [0.3, 0.4) is 0 Å². The molecule has 2 aromatic rings. The molecule has 0 aliphatic carbocycles. The van der Waals surface area contributed by atoms with Crippen molar-refractivity contribution in [2.45, 2.75) is 31.3 Å². The molecule has 0 fully saturated rings. The minimum absolute atomic E-state index is 0.118. The van der Waals surface area contributed by atoms with Crippen molar-refractivity contribution in [3.63, 3.8) is 0 Å². The van der Waals surface area contributed by atoms with Crippen molar-refractivity contribution >= 4 is 33.0 Å². The summed E-state index contributed by atoms with van der Waals surface area (Å²) >= 11 is 7.19. The van der Waals surface area contributed by atoms with Gasteiger partial charge in [0.2, 0.25) is 10.0 Å². The van der Waals surface area contributed by atoms with Crippen LogP contribution in [0, 0.1) is 6.92 Å². The van der Waals surface area contributed by atoms with Gasteiger partial charge in [-0.05, 0) is 26.0 Å². The Morgan fingerprint density at radius 2 is 2.20 bits per heavy atom. The lowest BCUT2D eigenvalue weighted by Crippen LogP contribution is -2.26. The zero-order valence-corrected chi connectivity index (χ0v) is 13.4. The van der Waals surface area contributed by atoms with Crippen LogP contribution in [0.15, 0.2) is 27.5 Å². The number of hydrogen-bond acceptors (Lipinski definition) is 5. The summed E-state index contributed by atoms with van der Waals surface area (Å²) in [6.45, 7) is 3.52. The van der Waals surface area contributed by atoms with Crippen LogP contribution in [-0.2, 0) is 16.6 Å². The minimum atomic E-state index is -3.65. The highest BCUT2D eigenvalue weighted by Crippen LogP contribution is 2.28. The van der Waals surface area contributed by atoms with E-state index < -0.39 is 10.0 Å². The quantitative estimate of drug-likeness (QED) is 0.880. The standard InChI is InChI=1S/C12H15ClN2O3S2/c1-7(10-3-4-12(13)19-10)15-20(16,17)11-5-9(6-14)18-8(11)2/h3-5,7,15H,6,14H2,1-2H3. The van der Waals surface area contributed by atoms with Gasteiger partial charge in [0, 0.05) is 10.9 Å². The number of halogens is 1. The normalized spacial score (nSPS) is 13.6. The number of furan rings is 1. The number of hydrogen-bond donors (Lipinski definition) is 2. The molecule has 20 heavy (non-hydrogen) atoms. The van der Waals surface area contributed by atoms with E-state index in [2.05, 4.69) is 4.72 Å². The van der Waals surface area contributed by atoms with E-state index in [0.29, 0.717) is 15.9 Å². The summed E-state index contributed by atoms with van der Waals surface area (Å²) in [5.74, 6) is 0.768. The summed E-state index contributed by atoms with van der Waals surface area (Å²) in [6, 6.07) is 4.62. The zero-order chi connectivity index (χ0) is 14.9. The lowest BCUT2D eigenvalue weighted by Gasteiger charge is -2.11. The van der Waals surface area contributed by atoms with Gasteiger partial charge in [-0.1, -0.05) is 11.6 Å². The fourth-order valence-corrected chi connectivity index (χ4v) is 4.37. The summed E-state index contributed by atoms with van der Waals surface area (Å²) in [7, 11) is -3.65. The highest BCUT2D eigenvalue weighted by molar-refractivity contribution is 7.89. The lowest BCUT2D eigenvalue weighted by molar-refractivity contribution is 0.478. The third kappa shape index (κ3) is 3.24. The van der Waals surface area contributed by atoms with Gasteiger partial charge >= 0.3 is 0 Å². The molecule has 0 spiro atoms. The number of aryl methyl sites for hydroxylation is 1. The predicted molar refractivity (Wildman–Crippen MR) is 79.4 cm³/mol. The van der Waals surface area contributed by atoms with Crippen LogP contribution in [0.4, 0.5) is 0 Å². The Bertz CT molecular complexity index is 706. The summed E-state index contributed by atoms with van der Waals surface area (Å²) in [5.41, 5.74) is 5.45. The number of sulfonamides is 1. The fourth-order valence-electron chi connectivity index (χ4n) is 1.81. The van der Waals surface area contributed by atoms with Crippen molar-refractivity contribution in [3.05, 3.63) is 38.9 Å². The molecule has 2 heterocycles. The van der Waals surface area contributed by atoms with Crippen molar-refractivity contribution in [2.24, 2.45) is 5.73 Å². The molecule has 2 rings (SSSR count). The smallest absolute Gasteiger partial charge is 0.244 e. The molecule has 0 amide bonds. The van der Waals surface area contributed by atoms with E-state index in [1.165, 1.54) is 17.4 Å². The summed E-state index contributed by atoms with van der Waals surface area (Å²) < 4.78 is 33.2. The Balaban J connectivity index is 2.24. The van der Waals surface area contributed by atoms with Gasteiger partial charge in [-0.25, -0.2) is 13.1 Å². The van der Waals surface area contributed by atoms with Crippen LogP contribution in [0.1, 0.15) is 29.4 Å². The first-order valence-electron chi connectivity index (χ1n) is 5.90. The van der Waals surface area contributed by atoms with E-state index in [1.54, 1.807) is 26.0 Å². The maximum atomic E-state index is 12.3. The molecular formula is C12H15ClN2O3S2. The molecule has 8 heteroatoms. The van der Waals surface area contributed by atoms with Crippen molar-refractivity contribution < 1.29 is 12.8 Å². The molecule has 0 aliphatic heterocycles. The molecule has 0 aromatic carbocycles. The van der Waals surface area contributed by atoms with Gasteiger partial charge in [0.25, 0.3) is 0 Å². The summed E-state index contributed by atoms with van der Waals surface area (Å²) in [6.07, 6.45) is 0. The number of rotatable bonds is 5. The van der Waals surface area contributed by atoms with E-state index in [0.717, 1.165) is 4.88 Å². The Hall–Kier alpha value is -0.860. The zero-order valence-electron chi connectivity index (χ0n) is 11.0. The lowest BCUT2D eigenvalue weighted by atomic mass is 10.3. The van der Waals surface area contributed by atoms with Crippen LogP contribution < -0.4 is 10.5 Å². The second-order valence-electron chi connectivity index (χ2n) is 4.32. The molecule has 1 unspecified atom stereocenters. The monoisotopic (exact) mass is 334 g/mol. The van der Waals surface area contributed by atoms with E-state index in [1.807, 2.05) is 0 Å². The average Bonchev–Trinajstić information content (AvgIpc) is 2.95. The Morgan fingerprint density at radius 3 is 2.70 bits per heavy atom. The van der Waals surface area contributed by atoms with Crippen LogP contribution in [0.5, 0.6) is 0 Å². The number of thiophene rings is 1. The van der Waals surface area contributed by atoms with Gasteiger partial charge in [-0.2, -0.15) is 0 Å². The predicted octanol–water partition coefficient (Wildman–Crippen LogP) is 2.80. The molecule has 1 atom stereocenters. The maximum Gasteiger partial charge on any atom is 0.244 e. The molecule has 0 saturated carbocycles. The summed E-state index contributed by atoms with van der Waals surface area (Å²) in [5, 5.41) is 0. The second-order valence-corrected chi connectivity index (χ2v) is 7.75. The molecule has 2 aromatic heterocycles. The van der Waals surface area contributed by atoms with E-state index in [-0.39, 0.29) is 17.5 Å². The Labute approximate surface area is 126 Å². The third-order valence-electron chi connectivity index (χ3n) is 2.77. The van der Waals surface area contributed by atoms with E-state index in [4.69, 9.17) is 21.8 Å². The molecule has 0 radical (unpaired) electrons. The first kappa shape index (κ1) is 15.5. The molecule has 0 aliphatic rings.